The molecule has 0 fully saturated rings. The number of aromatic hydroxyl groups is 1. The Morgan fingerprint density at radius 3 is 2.24 bits per heavy atom. The minimum Gasteiger partial charge on any atom is -0.504 e. The standard InChI is InChI=1S/C21H32O3.C8H16O/c1-15(17(3)14-18(4)23-5)10-8-7-9-11-19-16(2)12-13-20(24-6)21(19)22;1-5-6-7(2)8(3)9-4/h10,12-14,17,22H,7-9,11H2,1-6H3;5-6H2,1-4H3/b15-10+,18-14+;8-7-. The number of hydrogen-bond donors (Lipinski definition) is 1. The molecular weight excluding hydrogens is 412 g/mol. The van der Waals surface area contributed by atoms with E-state index >= 15 is 0 Å². The summed E-state index contributed by atoms with van der Waals surface area (Å²) in [5.74, 6) is 3.27. The fraction of sp³-hybridized carbons (Fsp3) is 0.586. The van der Waals surface area contributed by atoms with Gasteiger partial charge in [0, 0.05) is 5.56 Å². The number of ether oxygens (including phenoxy) is 3. The van der Waals surface area contributed by atoms with Crippen LogP contribution >= 0.6 is 0 Å². The maximum absolute atomic E-state index is 10.2. The molecule has 0 aliphatic rings. The Bertz CT molecular complexity index is 787. The second-order valence-corrected chi connectivity index (χ2v) is 8.67. The van der Waals surface area contributed by atoms with Crippen LogP contribution in [0.4, 0.5) is 0 Å². The fourth-order valence-electron chi connectivity index (χ4n) is 3.43. The summed E-state index contributed by atoms with van der Waals surface area (Å²) in [6.45, 7) is 14.7. The monoisotopic (exact) mass is 460 g/mol. The normalized spacial score (nSPS) is 13.5. The zero-order valence-electron chi connectivity index (χ0n) is 22.8. The van der Waals surface area contributed by atoms with E-state index in [0.29, 0.717) is 11.7 Å². The molecule has 0 radical (unpaired) electrons. The molecule has 4 nitrogen and oxygen atoms in total. The van der Waals surface area contributed by atoms with Crippen molar-refractivity contribution in [3.05, 3.63) is 58.1 Å². The van der Waals surface area contributed by atoms with Gasteiger partial charge in [-0.2, -0.15) is 0 Å². The largest absolute Gasteiger partial charge is 0.504 e. The van der Waals surface area contributed by atoms with Crippen LogP contribution in [0.2, 0.25) is 0 Å². The van der Waals surface area contributed by atoms with Crippen LogP contribution in [-0.4, -0.2) is 26.4 Å². The summed E-state index contributed by atoms with van der Waals surface area (Å²) >= 11 is 0. The highest BCUT2D eigenvalue weighted by atomic mass is 16.5. The summed E-state index contributed by atoms with van der Waals surface area (Å²) in [4.78, 5) is 0. The van der Waals surface area contributed by atoms with E-state index in [1.165, 1.54) is 17.6 Å². The van der Waals surface area contributed by atoms with Gasteiger partial charge < -0.3 is 19.3 Å². The number of hydrogen-bond acceptors (Lipinski definition) is 4. The van der Waals surface area contributed by atoms with Crippen LogP contribution < -0.4 is 4.74 Å². The lowest BCUT2D eigenvalue weighted by molar-refractivity contribution is 0.287. The lowest BCUT2D eigenvalue weighted by atomic mass is 9.98. The van der Waals surface area contributed by atoms with E-state index in [0.717, 1.165) is 54.7 Å². The number of phenols is 1. The highest BCUT2D eigenvalue weighted by molar-refractivity contribution is 5.49. The molecule has 1 rings (SSSR count). The predicted octanol–water partition coefficient (Wildman–Crippen LogP) is 8.28. The van der Waals surface area contributed by atoms with Crippen molar-refractivity contribution in [1.29, 1.82) is 0 Å². The molecule has 0 saturated carbocycles. The third kappa shape index (κ3) is 11.9. The molecule has 0 aromatic heterocycles. The maximum atomic E-state index is 10.2. The van der Waals surface area contributed by atoms with E-state index in [-0.39, 0.29) is 5.75 Å². The third-order valence-corrected chi connectivity index (χ3v) is 6.10. The van der Waals surface area contributed by atoms with Crippen molar-refractivity contribution in [3.8, 4) is 11.5 Å². The van der Waals surface area contributed by atoms with Gasteiger partial charge in [-0.25, -0.2) is 0 Å². The lowest BCUT2D eigenvalue weighted by Gasteiger charge is -2.12. The molecule has 0 aliphatic heterocycles. The number of benzene rings is 1. The third-order valence-electron chi connectivity index (χ3n) is 6.10. The van der Waals surface area contributed by atoms with E-state index in [4.69, 9.17) is 14.2 Å². The number of allylic oxidation sites excluding steroid dienone is 6. The average Bonchev–Trinajstić information content (AvgIpc) is 2.80. The number of aryl methyl sites for hydroxylation is 1. The molecule has 0 saturated heterocycles. The molecule has 1 aromatic rings. The highest BCUT2D eigenvalue weighted by Gasteiger charge is 2.10. The minimum atomic E-state index is 0.290. The Morgan fingerprint density at radius 1 is 1.03 bits per heavy atom. The number of methoxy groups -OCH3 is 3. The highest BCUT2D eigenvalue weighted by Crippen LogP contribution is 2.33. The van der Waals surface area contributed by atoms with Crippen LogP contribution in [0.5, 0.6) is 11.5 Å². The van der Waals surface area contributed by atoms with Gasteiger partial charge in [0.15, 0.2) is 11.5 Å². The molecule has 0 aliphatic carbocycles. The smallest absolute Gasteiger partial charge is 0.161 e. The van der Waals surface area contributed by atoms with Gasteiger partial charge >= 0.3 is 0 Å². The van der Waals surface area contributed by atoms with E-state index in [2.05, 4.69) is 39.8 Å². The summed E-state index contributed by atoms with van der Waals surface area (Å²) in [5, 5.41) is 10.2. The van der Waals surface area contributed by atoms with E-state index in [1.807, 2.05) is 32.9 Å². The number of rotatable bonds is 12. The first kappa shape index (κ1) is 30.6. The molecule has 1 N–H and O–H groups in total. The van der Waals surface area contributed by atoms with Gasteiger partial charge in [0.05, 0.1) is 32.8 Å². The fourth-order valence-corrected chi connectivity index (χ4v) is 3.43. The van der Waals surface area contributed by atoms with Crippen LogP contribution in [0.25, 0.3) is 0 Å². The zero-order chi connectivity index (χ0) is 25.4. The van der Waals surface area contributed by atoms with Gasteiger partial charge in [0.25, 0.3) is 0 Å². The Kier molecular flexibility index (Phi) is 15.9. The van der Waals surface area contributed by atoms with Gasteiger partial charge in [0.1, 0.15) is 0 Å². The topological polar surface area (TPSA) is 47.9 Å². The summed E-state index contributed by atoms with van der Waals surface area (Å²) in [5.41, 5.74) is 4.85. The van der Waals surface area contributed by atoms with Gasteiger partial charge in [-0.05, 0) is 95.9 Å². The Morgan fingerprint density at radius 2 is 1.70 bits per heavy atom. The summed E-state index contributed by atoms with van der Waals surface area (Å²) in [7, 11) is 5.00. The molecule has 1 unspecified atom stereocenters. The summed E-state index contributed by atoms with van der Waals surface area (Å²) in [6.07, 6.45) is 10.9. The SMILES string of the molecule is CCC/C(C)=C(/C)OC.CO/C(C)=C/C(C)/C(C)=C/CCCCc1c(C)ccc(OC)c1O. The van der Waals surface area contributed by atoms with Crippen molar-refractivity contribution >= 4 is 0 Å². The summed E-state index contributed by atoms with van der Waals surface area (Å²) < 4.78 is 15.4. The first-order valence-electron chi connectivity index (χ1n) is 12.1. The van der Waals surface area contributed by atoms with Crippen LogP contribution in [0.3, 0.4) is 0 Å². The quantitative estimate of drug-likeness (QED) is 0.194. The second-order valence-electron chi connectivity index (χ2n) is 8.67. The Labute approximate surface area is 203 Å². The van der Waals surface area contributed by atoms with Crippen molar-refractivity contribution in [2.75, 3.05) is 21.3 Å². The van der Waals surface area contributed by atoms with Crippen LogP contribution in [0.1, 0.15) is 84.8 Å². The van der Waals surface area contributed by atoms with E-state index in [9.17, 15) is 5.11 Å². The Hall–Kier alpha value is -2.36. The molecule has 0 heterocycles. The molecule has 4 heteroatoms. The molecular formula is C29H48O4. The number of unbranched alkanes of at least 4 members (excludes halogenated alkanes) is 2. The van der Waals surface area contributed by atoms with Crippen molar-refractivity contribution in [2.45, 2.75) is 87.0 Å². The van der Waals surface area contributed by atoms with Crippen molar-refractivity contribution in [1.82, 2.24) is 0 Å². The lowest BCUT2D eigenvalue weighted by Crippen LogP contribution is -1.95. The Balaban J connectivity index is 0.000000960. The first-order valence-corrected chi connectivity index (χ1v) is 12.1. The van der Waals surface area contributed by atoms with Gasteiger partial charge in [-0.1, -0.05) is 38.0 Å². The van der Waals surface area contributed by atoms with Gasteiger partial charge in [-0.3, -0.25) is 0 Å². The van der Waals surface area contributed by atoms with E-state index in [1.54, 1.807) is 21.3 Å². The molecule has 1 aromatic carbocycles. The molecule has 0 spiro atoms. The molecule has 33 heavy (non-hydrogen) atoms. The van der Waals surface area contributed by atoms with Crippen LogP contribution in [-0.2, 0) is 15.9 Å². The van der Waals surface area contributed by atoms with Crippen molar-refractivity contribution in [3.63, 3.8) is 0 Å². The predicted molar refractivity (Wildman–Crippen MR) is 141 cm³/mol. The average molecular weight is 461 g/mol. The van der Waals surface area contributed by atoms with Crippen molar-refractivity contribution < 1.29 is 19.3 Å². The number of phenolic OH excluding ortho intramolecular Hbond substituents is 1. The molecule has 188 valence electrons. The van der Waals surface area contributed by atoms with Gasteiger partial charge in [0.2, 0.25) is 0 Å². The van der Waals surface area contributed by atoms with Crippen LogP contribution in [0.15, 0.2) is 46.9 Å². The minimum absolute atomic E-state index is 0.290. The zero-order valence-corrected chi connectivity index (χ0v) is 22.8. The maximum Gasteiger partial charge on any atom is 0.161 e. The van der Waals surface area contributed by atoms with Crippen molar-refractivity contribution in [2.24, 2.45) is 5.92 Å². The van der Waals surface area contributed by atoms with Crippen LogP contribution in [0, 0.1) is 12.8 Å². The molecule has 0 amide bonds. The van der Waals surface area contributed by atoms with E-state index < -0.39 is 0 Å². The second kappa shape index (κ2) is 17.2. The molecule has 1 atom stereocenters. The van der Waals surface area contributed by atoms with Gasteiger partial charge in [-0.15, -0.1) is 0 Å². The first-order chi connectivity index (χ1) is 15.6. The summed E-state index contributed by atoms with van der Waals surface area (Å²) in [6, 6.07) is 3.82. The molecule has 0 bridgehead atoms.